The summed E-state index contributed by atoms with van der Waals surface area (Å²) in [5.74, 6) is -0.375. The molecule has 5 rings (SSSR count). The SMILES string of the molecule is C/C=C1\CS[C@@H]2[C@H](NC(=O)Cc3ccccc3)C(=O)N2[C@H]1C(=O)OC(c1ccccc1)c1ccccc1. The van der Waals surface area contributed by atoms with Gasteiger partial charge >= 0.3 is 5.97 Å². The lowest BCUT2D eigenvalue weighted by atomic mass is 9.96. The number of carbonyl (C=O) groups excluding carboxylic acids is 3. The maximum Gasteiger partial charge on any atom is 0.334 e. The summed E-state index contributed by atoms with van der Waals surface area (Å²) in [7, 11) is 0. The first-order chi connectivity index (χ1) is 18.1. The number of allylic oxidation sites excluding steroid dienone is 1. The smallest absolute Gasteiger partial charge is 0.334 e. The molecule has 2 saturated heterocycles. The minimum Gasteiger partial charge on any atom is -0.451 e. The molecule has 0 unspecified atom stereocenters. The van der Waals surface area contributed by atoms with Crippen molar-refractivity contribution in [3.8, 4) is 0 Å². The second-order valence-electron chi connectivity index (χ2n) is 9.06. The van der Waals surface area contributed by atoms with E-state index < -0.39 is 24.2 Å². The van der Waals surface area contributed by atoms with Crippen LogP contribution in [0, 0.1) is 0 Å². The zero-order valence-corrected chi connectivity index (χ0v) is 21.3. The van der Waals surface area contributed by atoms with E-state index in [1.54, 1.807) is 16.7 Å². The van der Waals surface area contributed by atoms with E-state index in [1.165, 1.54) is 0 Å². The van der Waals surface area contributed by atoms with Crippen LogP contribution < -0.4 is 5.32 Å². The molecule has 1 N–H and O–H groups in total. The Kier molecular flexibility index (Phi) is 7.42. The van der Waals surface area contributed by atoms with Crippen molar-refractivity contribution >= 4 is 29.5 Å². The third-order valence-corrected chi connectivity index (χ3v) is 8.03. The largest absolute Gasteiger partial charge is 0.451 e. The number of esters is 1. The van der Waals surface area contributed by atoms with Crippen LogP contribution in [0.4, 0.5) is 0 Å². The van der Waals surface area contributed by atoms with Gasteiger partial charge in [0.25, 0.3) is 0 Å². The maximum absolute atomic E-state index is 13.7. The molecule has 6 nitrogen and oxygen atoms in total. The number of carbonyl (C=O) groups is 3. The molecule has 2 fully saturated rings. The topological polar surface area (TPSA) is 75.7 Å². The molecule has 0 aliphatic carbocycles. The van der Waals surface area contributed by atoms with E-state index in [2.05, 4.69) is 5.32 Å². The van der Waals surface area contributed by atoms with E-state index in [0.29, 0.717) is 5.75 Å². The summed E-state index contributed by atoms with van der Waals surface area (Å²) in [6, 6.07) is 27.1. The van der Waals surface area contributed by atoms with Crippen LogP contribution in [0.2, 0.25) is 0 Å². The monoisotopic (exact) mass is 512 g/mol. The highest BCUT2D eigenvalue weighted by Gasteiger charge is 2.56. The summed E-state index contributed by atoms with van der Waals surface area (Å²) in [5.41, 5.74) is 3.41. The van der Waals surface area contributed by atoms with Crippen LogP contribution in [0.1, 0.15) is 29.7 Å². The van der Waals surface area contributed by atoms with Gasteiger partial charge in [0, 0.05) is 5.75 Å². The maximum atomic E-state index is 13.7. The standard InChI is InChI=1S/C30H28N2O4S/c1-2-21-19-37-29-25(31-24(33)18-20-12-6-3-7-13-20)28(34)32(29)26(21)30(35)36-27(22-14-8-4-9-15-22)23-16-10-5-11-17-23/h2-17,25-27,29H,18-19H2,1H3,(H,31,33)/b21-2+/t25-,26-,29-/m1/s1. The van der Waals surface area contributed by atoms with Crippen molar-refractivity contribution in [3.05, 3.63) is 119 Å². The van der Waals surface area contributed by atoms with Crippen LogP contribution >= 0.6 is 11.8 Å². The Hall–Kier alpha value is -3.84. The molecular formula is C30H28N2O4S. The predicted molar refractivity (Wildman–Crippen MR) is 144 cm³/mol. The minimum atomic E-state index is -0.819. The van der Waals surface area contributed by atoms with Gasteiger partial charge < -0.3 is 15.0 Å². The van der Waals surface area contributed by atoms with Crippen LogP contribution in [-0.4, -0.2) is 45.9 Å². The Morgan fingerprint density at radius 2 is 1.54 bits per heavy atom. The molecule has 188 valence electrons. The lowest BCUT2D eigenvalue weighted by molar-refractivity contribution is -0.165. The quantitative estimate of drug-likeness (QED) is 0.291. The van der Waals surface area contributed by atoms with Crippen LogP contribution in [-0.2, 0) is 25.5 Å². The fourth-order valence-corrected chi connectivity index (χ4v) is 6.24. The molecule has 2 aliphatic heterocycles. The number of nitrogens with zero attached hydrogens (tertiary/aromatic N) is 1. The van der Waals surface area contributed by atoms with Crippen LogP contribution in [0.5, 0.6) is 0 Å². The zero-order valence-electron chi connectivity index (χ0n) is 20.4. The molecule has 0 saturated carbocycles. The highest BCUT2D eigenvalue weighted by molar-refractivity contribution is 8.00. The van der Waals surface area contributed by atoms with Crippen molar-refractivity contribution in [2.75, 3.05) is 5.75 Å². The molecule has 0 radical (unpaired) electrons. The average molecular weight is 513 g/mol. The van der Waals surface area contributed by atoms with Gasteiger partial charge in [-0.15, -0.1) is 11.8 Å². The Balaban J connectivity index is 1.33. The molecule has 0 spiro atoms. The number of rotatable bonds is 7. The number of fused-ring (bicyclic) bond motifs is 1. The molecule has 2 heterocycles. The molecule has 3 aromatic rings. The van der Waals surface area contributed by atoms with Crippen LogP contribution in [0.15, 0.2) is 103 Å². The fourth-order valence-electron chi connectivity index (χ4n) is 4.79. The number of hydrogen-bond donors (Lipinski definition) is 1. The van der Waals surface area contributed by atoms with Crippen molar-refractivity contribution in [2.45, 2.75) is 36.9 Å². The molecule has 2 amide bonds. The van der Waals surface area contributed by atoms with E-state index in [4.69, 9.17) is 4.74 Å². The highest BCUT2D eigenvalue weighted by Crippen LogP contribution is 2.41. The van der Waals surface area contributed by atoms with Crippen molar-refractivity contribution < 1.29 is 19.1 Å². The lowest BCUT2D eigenvalue weighted by Gasteiger charge is -2.53. The van der Waals surface area contributed by atoms with Crippen molar-refractivity contribution in [2.24, 2.45) is 0 Å². The number of ether oxygens (including phenoxy) is 1. The van der Waals surface area contributed by atoms with Gasteiger partial charge in [-0.2, -0.15) is 0 Å². The van der Waals surface area contributed by atoms with Gasteiger partial charge in [0.05, 0.1) is 6.42 Å². The first-order valence-corrected chi connectivity index (χ1v) is 13.3. The second kappa shape index (κ2) is 11.0. The molecule has 3 aromatic carbocycles. The molecular weight excluding hydrogens is 484 g/mol. The number of benzene rings is 3. The summed E-state index contributed by atoms with van der Waals surface area (Å²) >= 11 is 1.55. The molecule has 7 heteroatoms. The molecule has 2 aliphatic rings. The van der Waals surface area contributed by atoms with Gasteiger partial charge in [-0.25, -0.2) is 4.79 Å². The van der Waals surface area contributed by atoms with Crippen LogP contribution in [0.3, 0.4) is 0 Å². The number of thioether (sulfide) groups is 1. The average Bonchev–Trinajstić information content (AvgIpc) is 2.95. The Labute approximate surface area is 220 Å². The van der Waals surface area contributed by atoms with Gasteiger partial charge in [-0.1, -0.05) is 97.1 Å². The van der Waals surface area contributed by atoms with Crippen molar-refractivity contribution in [1.29, 1.82) is 0 Å². The summed E-state index contributed by atoms with van der Waals surface area (Å²) in [5, 5.41) is 2.56. The first-order valence-electron chi connectivity index (χ1n) is 12.3. The zero-order chi connectivity index (χ0) is 25.8. The van der Waals surface area contributed by atoms with Gasteiger partial charge in [-0.3, -0.25) is 9.59 Å². The lowest BCUT2D eigenvalue weighted by Crippen LogP contribution is -2.74. The van der Waals surface area contributed by atoms with Gasteiger partial charge in [0.2, 0.25) is 11.8 Å². The van der Waals surface area contributed by atoms with E-state index in [-0.39, 0.29) is 23.6 Å². The molecule has 0 bridgehead atoms. The third kappa shape index (κ3) is 5.18. The van der Waals surface area contributed by atoms with E-state index in [1.807, 2.05) is 104 Å². The number of hydrogen-bond acceptors (Lipinski definition) is 5. The molecule has 37 heavy (non-hydrogen) atoms. The summed E-state index contributed by atoms with van der Waals surface area (Å²) in [6.45, 7) is 1.87. The normalized spacial score (nSPS) is 21.8. The molecule has 0 aromatic heterocycles. The Morgan fingerprint density at radius 3 is 2.11 bits per heavy atom. The number of β-lactam (4-membered cyclic amide) rings is 1. The van der Waals surface area contributed by atoms with Gasteiger partial charge in [0.1, 0.15) is 11.4 Å². The van der Waals surface area contributed by atoms with Gasteiger partial charge in [0.15, 0.2) is 12.1 Å². The number of amides is 2. The molecule has 3 atom stereocenters. The van der Waals surface area contributed by atoms with Crippen molar-refractivity contribution in [1.82, 2.24) is 10.2 Å². The van der Waals surface area contributed by atoms with Crippen LogP contribution in [0.25, 0.3) is 0 Å². The first kappa shape index (κ1) is 24.8. The Bertz CT molecular complexity index is 1260. The van der Waals surface area contributed by atoms with E-state index >= 15 is 0 Å². The predicted octanol–water partition coefficient (Wildman–Crippen LogP) is 4.28. The number of nitrogens with one attached hydrogen (secondary N) is 1. The minimum absolute atomic E-state index is 0.198. The van der Waals surface area contributed by atoms with E-state index in [0.717, 1.165) is 22.3 Å². The Morgan fingerprint density at radius 1 is 0.973 bits per heavy atom. The fraction of sp³-hybridized carbons (Fsp3) is 0.233. The highest BCUT2D eigenvalue weighted by atomic mass is 32.2. The third-order valence-electron chi connectivity index (χ3n) is 6.69. The van der Waals surface area contributed by atoms with Crippen molar-refractivity contribution in [3.63, 3.8) is 0 Å². The summed E-state index contributed by atoms with van der Waals surface area (Å²) in [6.07, 6.45) is 1.48. The summed E-state index contributed by atoms with van der Waals surface area (Å²) < 4.78 is 6.12. The van der Waals surface area contributed by atoms with Gasteiger partial charge in [-0.05, 0) is 29.2 Å². The van der Waals surface area contributed by atoms with E-state index in [9.17, 15) is 14.4 Å². The summed E-state index contributed by atoms with van der Waals surface area (Å²) in [4.78, 5) is 41.1. The second-order valence-corrected chi connectivity index (χ2v) is 10.2.